The Kier molecular flexibility index (Phi) is 2.44. The first kappa shape index (κ1) is 8.70. The monoisotopic (exact) mass is 140 g/mol. The van der Waals surface area contributed by atoms with Crippen molar-refractivity contribution in [3.8, 4) is 0 Å². The van der Waals surface area contributed by atoms with Crippen LogP contribution in [-0.2, 0) is 0 Å². The van der Waals surface area contributed by atoms with Gasteiger partial charge in [0.15, 0.2) is 0 Å². The molecule has 1 heteroatoms. The minimum atomic E-state index is -1.25. The largest absolute Gasteiger partial charge is 0.104 e. The van der Waals surface area contributed by atoms with E-state index in [1.807, 2.05) is 0 Å². The molecule has 0 radical (unpaired) electrons. The highest BCUT2D eigenvalue weighted by Crippen LogP contribution is 2.19. The van der Waals surface area contributed by atoms with Crippen molar-refractivity contribution in [1.82, 2.24) is 0 Å². The van der Waals surface area contributed by atoms with Crippen LogP contribution in [0.2, 0.25) is 13.1 Å². The molecule has 52 valence electrons. The lowest BCUT2D eigenvalue weighted by atomic mass is 10.7. The maximum atomic E-state index is 3.95. The van der Waals surface area contributed by atoms with Gasteiger partial charge in [-0.25, -0.2) is 0 Å². The molecule has 0 amide bonds. The lowest BCUT2D eigenvalue weighted by molar-refractivity contribution is 1.50. The molecule has 0 nitrogen and oxygen atoms in total. The third-order valence-electron chi connectivity index (χ3n) is 2.13. The van der Waals surface area contributed by atoms with Crippen LogP contribution < -0.4 is 0 Å². The SMILES string of the molecule is C=C(C)[Si](C)(C)C(=C)C. The summed E-state index contributed by atoms with van der Waals surface area (Å²) in [6.45, 7) is 16.6. The molecular formula is C8H16Si. The number of allylic oxidation sites excluding steroid dienone is 2. The zero-order chi connectivity index (χ0) is 7.65. The minimum Gasteiger partial charge on any atom is -0.104 e. The molecule has 0 aliphatic rings. The Bertz CT molecular complexity index is 127. The normalized spacial score (nSPS) is 11.1. The quantitative estimate of drug-likeness (QED) is 0.517. The zero-order valence-corrected chi connectivity index (χ0v) is 7.91. The summed E-state index contributed by atoms with van der Waals surface area (Å²) >= 11 is 0. The van der Waals surface area contributed by atoms with E-state index in [1.54, 1.807) is 0 Å². The summed E-state index contributed by atoms with van der Waals surface area (Å²) in [5.74, 6) is 0. The molecule has 0 fully saturated rings. The lowest BCUT2D eigenvalue weighted by Gasteiger charge is -2.22. The van der Waals surface area contributed by atoms with Gasteiger partial charge in [0.05, 0.1) is 0 Å². The first-order valence-corrected chi connectivity index (χ1v) is 6.21. The Morgan fingerprint density at radius 2 is 1.22 bits per heavy atom. The van der Waals surface area contributed by atoms with Gasteiger partial charge in [-0.2, -0.15) is 0 Å². The molecule has 9 heavy (non-hydrogen) atoms. The summed E-state index contributed by atoms with van der Waals surface area (Å²) in [7, 11) is -1.25. The molecule has 0 aromatic rings. The number of hydrogen-bond acceptors (Lipinski definition) is 0. The second kappa shape index (κ2) is 2.52. The molecule has 0 aliphatic carbocycles. The average Bonchev–Trinajstić information content (AvgIpc) is 1.65. The van der Waals surface area contributed by atoms with Crippen LogP contribution in [0.3, 0.4) is 0 Å². The molecule has 0 atom stereocenters. The maximum absolute atomic E-state index is 3.95. The number of rotatable bonds is 2. The van der Waals surface area contributed by atoms with E-state index in [2.05, 4.69) is 40.1 Å². The third-order valence-corrected chi connectivity index (χ3v) is 6.40. The number of hydrogen-bond donors (Lipinski definition) is 0. The molecular weight excluding hydrogens is 124 g/mol. The first-order chi connectivity index (χ1) is 3.89. The van der Waals surface area contributed by atoms with Crippen LogP contribution in [0.25, 0.3) is 0 Å². The van der Waals surface area contributed by atoms with Crippen LogP contribution in [0, 0.1) is 0 Å². The third kappa shape index (κ3) is 1.83. The molecule has 0 aromatic heterocycles. The summed E-state index contributed by atoms with van der Waals surface area (Å²) in [4.78, 5) is 0. The van der Waals surface area contributed by atoms with Crippen LogP contribution in [-0.4, -0.2) is 8.07 Å². The van der Waals surface area contributed by atoms with Crippen molar-refractivity contribution in [2.45, 2.75) is 26.9 Å². The van der Waals surface area contributed by atoms with Gasteiger partial charge in [-0.3, -0.25) is 0 Å². The fraction of sp³-hybridized carbons (Fsp3) is 0.500. The van der Waals surface area contributed by atoms with Gasteiger partial charge < -0.3 is 0 Å². The summed E-state index contributed by atoms with van der Waals surface area (Å²) in [6, 6.07) is 0. The van der Waals surface area contributed by atoms with Crippen LogP contribution in [0.5, 0.6) is 0 Å². The predicted octanol–water partition coefficient (Wildman–Crippen LogP) is 2.93. The Labute approximate surface area is 59.3 Å². The molecule has 0 rings (SSSR count). The highest BCUT2D eigenvalue weighted by Gasteiger charge is 2.21. The predicted molar refractivity (Wildman–Crippen MR) is 47.1 cm³/mol. The van der Waals surface area contributed by atoms with E-state index < -0.39 is 8.07 Å². The molecule has 0 spiro atoms. The van der Waals surface area contributed by atoms with Crippen molar-refractivity contribution in [1.29, 1.82) is 0 Å². The molecule has 0 saturated carbocycles. The first-order valence-electron chi connectivity index (χ1n) is 3.21. The van der Waals surface area contributed by atoms with E-state index in [4.69, 9.17) is 0 Å². The Hall–Kier alpha value is -0.303. The molecule has 0 saturated heterocycles. The molecule has 0 N–H and O–H groups in total. The summed E-state index contributed by atoms with van der Waals surface area (Å²) in [5, 5.41) is 2.63. The molecule has 0 heterocycles. The topological polar surface area (TPSA) is 0 Å². The molecule has 0 aromatic carbocycles. The highest BCUT2D eigenvalue weighted by molar-refractivity contribution is 6.90. The fourth-order valence-electron chi connectivity index (χ4n) is 0.364. The second-order valence-corrected chi connectivity index (χ2v) is 8.14. The zero-order valence-electron chi connectivity index (χ0n) is 6.91. The molecule has 0 aliphatic heterocycles. The Balaban J connectivity index is 4.38. The molecule has 0 bridgehead atoms. The van der Waals surface area contributed by atoms with Crippen molar-refractivity contribution < 1.29 is 0 Å². The maximum Gasteiger partial charge on any atom is 0.100 e. The summed E-state index contributed by atoms with van der Waals surface area (Å²) in [6.07, 6.45) is 0. The van der Waals surface area contributed by atoms with E-state index in [9.17, 15) is 0 Å². The van der Waals surface area contributed by atoms with Gasteiger partial charge in [0.2, 0.25) is 0 Å². The smallest absolute Gasteiger partial charge is 0.100 e. The van der Waals surface area contributed by atoms with Crippen molar-refractivity contribution in [2.24, 2.45) is 0 Å². The van der Waals surface area contributed by atoms with Gasteiger partial charge in [0.25, 0.3) is 0 Å². The van der Waals surface area contributed by atoms with Crippen LogP contribution in [0.1, 0.15) is 13.8 Å². The summed E-state index contributed by atoms with van der Waals surface area (Å²) in [5.41, 5.74) is 0. The average molecular weight is 140 g/mol. The van der Waals surface area contributed by atoms with E-state index in [-0.39, 0.29) is 0 Å². The van der Waals surface area contributed by atoms with Crippen molar-refractivity contribution in [2.75, 3.05) is 0 Å². The van der Waals surface area contributed by atoms with Gasteiger partial charge in [-0.15, -0.1) is 13.2 Å². The van der Waals surface area contributed by atoms with Crippen molar-refractivity contribution in [3.05, 3.63) is 23.6 Å². The second-order valence-electron chi connectivity index (χ2n) is 3.19. The van der Waals surface area contributed by atoms with Gasteiger partial charge in [0, 0.05) is 0 Å². The minimum absolute atomic E-state index is 1.25. The fourth-order valence-corrected chi connectivity index (χ4v) is 1.09. The Morgan fingerprint density at radius 3 is 1.22 bits per heavy atom. The van der Waals surface area contributed by atoms with Crippen LogP contribution in [0.15, 0.2) is 23.6 Å². The van der Waals surface area contributed by atoms with E-state index in [0.717, 1.165) is 0 Å². The van der Waals surface area contributed by atoms with Gasteiger partial charge in [-0.05, 0) is 13.8 Å². The van der Waals surface area contributed by atoms with Crippen molar-refractivity contribution in [3.63, 3.8) is 0 Å². The lowest BCUT2D eigenvalue weighted by Crippen LogP contribution is -2.28. The Morgan fingerprint density at radius 1 is 1.00 bits per heavy atom. The van der Waals surface area contributed by atoms with Gasteiger partial charge >= 0.3 is 0 Å². The van der Waals surface area contributed by atoms with E-state index in [1.165, 1.54) is 10.4 Å². The van der Waals surface area contributed by atoms with E-state index >= 15 is 0 Å². The van der Waals surface area contributed by atoms with Crippen molar-refractivity contribution >= 4 is 8.07 Å². The standard InChI is InChI=1S/C8H16Si/c1-7(2)9(5,6)8(3)4/h1,3H2,2,4-6H3. The van der Waals surface area contributed by atoms with Crippen LogP contribution >= 0.6 is 0 Å². The van der Waals surface area contributed by atoms with Crippen LogP contribution in [0.4, 0.5) is 0 Å². The highest BCUT2D eigenvalue weighted by atomic mass is 28.3. The van der Waals surface area contributed by atoms with E-state index in [0.29, 0.717) is 0 Å². The van der Waals surface area contributed by atoms with Gasteiger partial charge in [-0.1, -0.05) is 23.5 Å². The summed E-state index contributed by atoms with van der Waals surface area (Å²) < 4.78 is 0. The van der Waals surface area contributed by atoms with Gasteiger partial charge in [0.1, 0.15) is 8.07 Å². The molecule has 0 unspecified atom stereocenters.